The van der Waals surface area contributed by atoms with Crippen molar-refractivity contribution in [2.45, 2.75) is 19.4 Å². The van der Waals surface area contributed by atoms with Gasteiger partial charge in [0.15, 0.2) is 0 Å². The quantitative estimate of drug-likeness (QED) is 0.787. The molecule has 0 aliphatic rings. The highest BCUT2D eigenvalue weighted by Gasteiger charge is 2.13. The van der Waals surface area contributed by atoms with Gasteiger partial charge in [0.25, 0.3) is 0 Å². The molecule has 0 bridgehead atoms. The summed E-state index contributed by atoms with van der Waals surface area (Å²) in [6, 6.07) is 3.12. The molecule has 4 heteroatoms. The van der Waals surface area contributed by atoms with Gasteiger partial charge in [-0.3, -0.25) is 0 Å². The Labute approximate surface area is 89.6 Å². The molecule has 1 aromatic rings. The number of rotatable bonds is 4. The first kappa shape index (κ1) is 11.7. The van der Waals surface area contributed by atoms with E-state index < -0.39 is 0 Å². The molecule has 1 unspecified atom stereocenters. The van der Waals surface area contributed by atoms with Crippen molar-refractivity contribution in [2.75, 3.05) is 14.2 Å². The standard InChI is InChI=1S/C11H17NO3/c1-7(12)4-9-10(14-2)5-8(13)6-11(9)15-3/h5-7,13H,4,12H2,1-3H3. The van der Waals surface area contributed by atoms with Crippen molar-refractivity contribution in [3.05, 3.63) is 17.7 Å². The maximum absolute atomic E-state index is 9.42. The zero-order valence-corrected chi connectivity index (χ0v) is 9.28. The summed E-state index contributed by atoms with van der Waals surface area (Å²) in [4.78, 5) is 0. The number of phenols is 1. The Morgan fingerprint density at radius 1 is 1.27 bits per heavy atom. The topological polar surface area (TPSA) is 64.7 Å². The number of nitrogens with two attached hydrogens (primary N) is 1. The third-order valence-electron chi connectivity index (χ3n) is 2.12. The normalized spacial score (nSPS) is 12.3. The minimum Gasteiger partial charge on any atom is -0.508 e. The van der Waals surface area contributed by atoms with Gasteiger partial charge in [-0.1, -0.05) is 0 Å². The second kappa shape index (κ2) is 4.89. The van der Waals surface area contributed by atoms with Crippen LogP contribution in [-0.2, 0) is 6.42 Å². The van der Waals surface area contributed by atoms with Crippen LogP contribution in [0.1, 0.15) is 12.5 Å². The summed E-state index contributed by atoms with van der Waals surface area (Å²) in [5.41, 5.74) is 6.62. The zero-order chi connectivity index (χ0) is 11.4. The van der Waals surface area contributed by atoms with Crippen LogP contribution in [0, 0.1) is 0 Å². The SMILES string of the molecule is COc1cc(O)cc(OC)c1CC(C)N. The van der Waals surface area contributed by atoms with Crippen LogP contribution in [0.5, 0.6) is 17.2 Å². The Bertz CT molecular complexity index is 312. The highest BCUT2D eigenvalue weighted by Crippen LogP contribution is 2.34. The van der Waals surface area contributed by atoms with Crippen molar-refractivity contribution in [2.24, 2.45) is 5.73 Å². The molecule has 0 amide bonds. The monoisotopic (exact) mass is 211 g/mol. The number of hydrogen-bond acceptors (Lipinski definition) is 4. The smallest absolute Gasteiger partial charge is 0.129 e. The minimum absolute atomic E-state index is 0.0114. The fourth-order valence-corrected chi connectivity index (χ4v) is 1.49. The molecule has 0 aliphatic heterocycles. The molecule has 0 saturated carbocycles. The Balaban J connectivity index is 3.18. The summed E-state index contributed by atoms with van der Waals surface area (Å²) < 4.78 is 10.3. The summed E-state index contributed by atoms with van der Waals surface area (Å²) >= 11 is 0. The van der Waals surface area contributed by atoms with E-state index in [1.807, 2.05) is 6.92 Å². The number of benzene rings is 1. The lowest BCUT2D eigenvalue weighted by atomic mass is 10.0. The molecular weight excluding hydrogens is 194 g/mol. The molecule has 15 heavy (non-hydrogen) atoms. The average molecular weight is 211 g/mol. The largest absolute Gasteiger partial charge is 0.508 e. The van der Waals surface area contributed by atoms with Gasteiger partial charge >= 0.3 is 0 Å². The first-order chi connectivity index (χ1) is 7.08. The summed E-state index contributed by atoms with van der Waals surface area (Å²) in [5, 5.41) is 9.42. The third kappa shape index (κ3) is 2.76. The van der Waals surface area contributed by atoms with E-state index in [4.69, 9.17) is 15.2 Å². The molecule has 0 radical (unpaired) electrons. The summed E-state index contributed by atoms with van der Waals surface area (Å²) in [6.07, 6.45) is 0.645. The molecule has 0 aromatic heterocycles. The first-order valence-corrected chi connectivity index (χ1v) is 4.78. The Morgan fingerprint density at radius 3 is 2.07 bits per heavy atom. The predicted molar refractivity (Wildman–Crippen MR) is 58.6 cm³/mol. The van der Waals surface area contributed by atoms with Crippen molar-refractivity contribution < 1.29 is 14.6 Å². The van der Waals surface area contributed by atoms with E-state index in [0.29, 0.717) is 17.9 Å². The lowest BCUT2D eigenvalue weighted by Crippen LogP contribution is -2.18. The molecule has 4 nitrogen and oxygen atoms in total. The maximum Gasteiger partial charge on any atom is 0.129 e. The number of ether oxygens (including phenoxy) is 2. The molecule has 1 rings (SSSR count). The van der Waals surface area contributed by atoms with Crippen molar-refractivity contribution in [3.8, 4) is 17.2 Å². The van der Waals surface area contributed by atoms with Crippen molar-refractivity contribution >= 4 is 0 Å². The van der Waals surface area contributed by atoms with Crippen LogP contribution in [0.15, 0.2) is 12.1 Å². The number of hydrogen-bond donors (Lipinski definition) is 2. The Kier molecular flexibility index (Phi) is 3.80. The van der Waals surface area contributed by atoms with Gasteiger partial charge in [0.05, 0.1) is 14.2 Å². The van der Waals surface area contributed by atoms with E-state index in [1.165, 1.54) is 0 Å². The van der Waals surface area contributed by atoms with Crippen LogP contribution in [-0.4, -0.2) is 25.4 Å². The molecule has 0 spiro atoms. The maximum atomic E-state index is 9.42. The van der Waals surface area contributed by atoms with E-state index in [9.17, 15) is 5.11 Å². The summed E-state index contributed by atoms with van der Waals surface area (Å²) in [5.74, 6) is 1.32. The van der Waals surface area contributed by atoms with Crippen molar-refractivity contribution in [1.29, 1.82) is 0 Å². The van der Waals surface area contributed by atoms with Crippen LogP contribution in [0.2, 0.25) is 0 Å². The lowest BCUT2D eigenvalue weighted by molar-refractivity contribution is 0.375. The van der Waals surface area contributed by atoms with E-state index in [0.717, 1.165) is 5.56 Å². The van der Waals surface area contributed by atoms with Crippen molar-refractivity contribution in [3.63, 3.8) is 0 Å². The van der Waals surface area contributed by atoms with Gasteiger partial charge in [0.1, 0.15) is 17.2 Å². The van der Waals surface area contributed by atoms with Gasteiger partial charge < -0.3 is 20.3 Å². The van der Waals surface area contributed by atoms with E-state index in [-0.39, 0.29) is 11.8 Å². The number of methoxy groups -OCH3 is 2. The summed E-state index contributed by atoms with van der Waals surface area (Å²) in [7, 11) is 3.11. The second-order valence-electron chi connectivity index (χ2n) is 3.51. The highest BCUT2D eigenvalue weighted by atomic mass is 16.5. The lowest BCUT2D eigenvalue weighted by Gasteiger charge is -2.15. The van der Waals surface area contributed by atoms with Crippen LogP contribution in [0.4, 0.5) is 0 Å². The Hall–Kier alpha value is -1.42. The van der Waals surface area contributed by atoms with Crippen LogP contribution < -0.4 is 15.2 Å². The third-order valence-corrected chi connectivity index (χ3v) is 2.12. The molecular formula is C11H17NO3. The predicted octanol–water partition coefficient (Wildman–Crippen LogP) is 1.30. The molecule has 0 aliphatic carbocycles. The fourth-order valence-electron chi connectivity index (χ4n) is 1.49. The van der Waals surface area contributed by atoms with Crippen molar-refractivity contribution in [1.82, 2.24) is 0 Å². The molecule has 0 saturated heterocycles. The van der Waals surface area contributed by atoms with Gasteiger partial charge in [0, 0.05) is 23.7 Å². The van der Waals surface area contributed by atoms with Gasteiger partial charge in [0.2, 0.25) is 0 Å². The average Bonchev–Trinajstić information content (AvgIpc) is 2.19. The molecule has 1 atom stereocenters. The van der Waals surface area contributed by atoms with Gasteiger partial charge in [-0.2, -0.15) is 0 Å². The van der Waals surface area contributed by atoms with E-state index >= 15 is 0 Å². The zero-order valence-electron chi connectivity index (χ0n) is 9.28. The van der Waals surface area contributed by atoms with Crippen LogP contribution in [0.25, 0.3) is 0 Å². The molecule has 1 aromatic carbocycles. The minimum atomic E-state index is 0.0114. The Morgan fingerprint density at radius 2 is 1.73 bits per heavy atom. The van der Waals surface area contributed by atoms with Gasteiger partial charge in [-0.25, -0.2) is 0 Å². The number of phenolic OH excluding ortho intramolecular Hbond substituents is 1. The number of aromatic hydroxyl groups is 1. The van der Waals surface area contributed by atoms with Crippen LogP contribution in [0.3, 0.4) is 0 Å². The summed E-state index contributed by atoms with van der Waals surface area (Å²) in [6.45, 7) is 1.91. The van der Waals surface area contributed by atoms with E-state index in [2.05, 4.69) is 0 Å². The molecule has 84 valence electrons. The first-order valence-electron chi connectivity index (χ1n) is 4.78. The molecule has 0 fully saturated rings. The second-order valence-corrected chi connectivity index (χ2v) is 3.51. The molecule has 0 heterocycles. The highest BCUT2D eigenvalue weighted by molar-refractivity contribution is 5.50. The molecule has 3 N–H and O–H groups in total. The van der Waals surface area contributed by atoms with Gasteiger partial charge in [-0.05, 0) is 13.3 Å². The van der Waals surface area contributed by atoms with E-state index in [1.54, 1.807) is 26.4 Å². The fraction of sp³-hybridized carbons (Fsp3) is 0.455. The van der Waals surface area contributed by atoms with Gasteiger partial charge in [-0.15, -0.1) is 0 Å². The van der Waals surface area contributed by atoms with Crippen LogP contribution >= 0.6 is 0 Å².